The lowest BCUT2D eigenvalue weighted by Gasteiger charge is -2.09. The maximum absolute atomic E-state index is 4.84. The van der Waals surface area contributed by atoms with Crippen LogP contribution in [0.1, 0.15) is 0 Å². The van der Waals surface area contributed by atoms with Gasteiger partial charge < -0.3 is 0 Å². The Morgan fingerprint density at radius 1 is 0.609 bits per heavy atom. The van der Waals surface area contributed by atoms with Gasteiger partial charge in [0.1, 0.15) is 0 Å². The zero-order valence-corrected chi connectivity index (χ0v) is 13.9. The van der Waals surface area contributed by atoms with Gasteiger partial charge in [0.2, 0.25) is 0 Å². The van der Waals surface area contributed by atoms with Crippen LogP contribution in [0, 0.1) is 0 Å². The third kappa shape index (κ3) is 2.76. The van der Waals surface area contributed by atoms with Crippen molar-refractivity contribution in [2.24, 2.45) is 0 Å². The average molecular weight is 361 g/mol. The Morgan fingerprint density at radius 3 is 2.09 bits per heavy atom. The fraction of sp³-hybridized carbons (Fsp3) is 0. The van der Waals surface area contributed by atoms with Gasteiger partial charge in [0.25, 0.3) is 0 Å². The first-order valence-electron chi connectivity index (χ1n) is 7.39. The molecule has 0 saturated carbocycles. The van der Waals surface area contributed by atoms with Gasteiger partial charge >= 0.3 is 0 Å². The van der Waals surface area contributed by atoms with Crippen molar-refractivity contribution in [2.45, 2.75) is 0 Å². The summed E-state index contributed by atoms with van der Waals surface area (Å²) >= 11 is 3.49. The number of rotatable bonds is 2. The highest BCUT2D eigenvalue weighted by Gasteiger charge is 2.10. The summed E-state index contributed by atoms with van der Waals surface area (Å²) in [5.74, 6) is 0.752. The van der Waals surface area contributed by atoms with E-state index < -0.39 is 0 Å². The van der Waals surface area contributed by atoms with Gasteiger partial charge in [0, 0.05) is 21.0 Å². The van der Waals surface area contributed by atoms with Crippen LogP contribution in [0.4, 0.5) is 0 Å². The second-order valence-electron chi connectivity index (χ2n) is 5.29. The molecule has 4 rings (SSSR count). The fourth-order valence-electron chi connectivity index (χ4n) is 2.62. The summed E-state index contributed by atoms with van der Waals surface area (Å²) in [6, 6.07) is 26.5. The molecule has 110 valence electrons. The lowest BCUT2D eigenvalue weighted by Crippen LogP contribution is -1.94. The Balaban J connectivity index is 2.00. The van der Waals surface area contributed by atoms with Gasteiger partial charge in [-0.05, 0) is 18.2 Å². The minimum Gasteiger partial charge on any atom is -0.228 e. The SMILES string of the molecule is Brc1ccc(-c2nc(-c3ccccc3)nc3ccccc23)cc1. The van der Waals surface area contributed by atoms with E-state index in [-0.39, 0.29) is 0 Å². The van der Waals surface area contributed by atoms with E-state index in [1.54, 1.807) is 0 Å². The highest BCUT2D eigenvalue weighted by Crippen LogP contribution is 2.29. The van der Waals surface area contributed by atoms with Gasteiger partial charge in [0.15, 0.2) is 5.82 Å². The van der Waals surface area contributed by atoms with E-state index >= 15 is 0 Å². The van der Waals surface area contributed by atoms with E-state index in [1.807, 2.05) is 60.7 Å². The third-order valence-electron chi connectivity index (χ3n) is 3.75. The van der Waals surface area contributed by atoms with Gasteiger partial charge in [-0.2, -0.15) is 0 Å². The van der Waals surface area contributed by atoms with Gasteiger partial charge in [-0.25, -0.2) is 9.97 Å². The van der Waals surface area contributed by atoms with E-state index in [1.165, 1.54) is 0 Å². The van der Waals surface area contributed by atoms with E-state index in [0.29, 0.717) is 0 Å². The molecular weight excluding hydrogens is 348 g/mol. The van der Waals surface area contributed by atoms with Crippen LogP contribution in [-0.2, 0) is 0 Å². The normalized spacial score (nSPS) is 10.8. The van der Waals surface area contributed by atoms with E-state index in [4.69, 9.17) is 9.97 Å². The summed E-state index contributed by atoms with van der Waals surface area (Å²) in [6.07, 6.45) is 0. The number of nitrogens with zero attached hydrogens (tertiary/aromatic N) is 2. The molecule has 0 N–H and O–H groups in total. The van der Waals surface area contributed by atoms with Crippen LogP contribution < -0.4 is 0 Å². The molecule has 0 atom stereocenters. The molecule has 1 aromatic heterocycles. The molecule has 1 heterocycles. The minimum atomic E-state index is 0.752. The molecule has 3 aromatic carbocycles. The summed E-state index contributed by atoms with van der Waals surface area (Å²) in [5.41, 5.74) is 4.03. The predicted octanol–water partition coefficient (Wildman–Crippen LogP) is 5.73. The summed E-state index contributed by atoms with van der Waals surface area (Å²) < 4.78 is 1.06. The zero-order valence-electron chi connectivity index (χ0n) is 12.3. The lowest BCUT2D eigenvalue weighted by atomic mass is 10.1. The molecule has 0 fully saturated rings. The molecule has 4 aromatic rings. The van der Waals surface area contributed by atoms with Crippen molar-refractivity contribution >= 4 is 26.8 Å². The maximum Gasteiger partial charge on any atom is 0.160 e. The summed E-state index contributed by atoms with van der Waals surface area (Å²) in [4.78, 5) is 9.57. The van der Waals surface area contributed by atoms with Crippen LogP contribution in [-0.4, -0.2) is 9.97 Å². The maximum atomic E-state index is 4.84. The first-order valence-corrected chi connectivity index (χ1v) is 8.19. The molecule has 0 bridgehead atoms. The van der Waals surface area contributed by atoms with Crippen molar-refractivity contribution in [3.63, 3.8) is 0 Å². The molecule has 0 saturated heterocycles. The Morgan fingerprint density at radius 2 is 1.30 bits per heavy atom. The van der Waals surface area contributed by atoms with E-state index in [2.05, 4.69) is 34.1 Å². The third-order valence-corrected chi connectivity index (χ3v) is 4.28. The molecule has 0 spiro atoms. The molecule has 0 aliphatic heterocycles. The van der Waals surface area contributed by atoms with Crippen molar-refractivity contribution in [1.82, 2.24) is 9.97 Å². The van der Waals surface area contributed by atoms with Crippen molar-refractivity contribution in [3.8, 4) is 22.6 Å². The molecular formula is C20H13BrN2. The van der Waals surface area contributed by atoms with Crippen LogP contribution in [0.2, 0.25) is 0 Å². The number of aromatic nitrogens is 2. The summed E-state index contributed by atoms with van der Waals surface area (Å²) in [5, 5.41) is 1.06. The Kier molecular flexibility index (Phi) is 3.64. The second-order valence-corrected chi connectivity index (χ2v) is 6.20. The standard InChI is InChI=1S/C20H13BrN2/c21-16-12-10-14(11-13-16)19-17-8-4-5-9-18(17)22-20(23-19)15-6-2-1-3-7-15/h1-13H. The van der Waals surface area contributed by atoms with Crippen LogP contribution in [0.25, 0.3) is 33.5 Å². The van der Waals surface area contributed by atoms with E-state index in [9.17, 15) is 0 Å². The number of halogens is 1. The molecule has 23 heavy (non-hydrogen) atoms. The van der Waals surface area contributed by atoms with Crippen LogP contribution in [0.15, 0.2) is 83.3 Å². The molecule has 0 amide bonds. The monoisotopic (exact) mass is 360 g/mol. The van der Waals surface area contributed by atoms with Gasteiger partial charge in [-0.3, -0.25) is 0 Å². The molecule has 3 heteroatoms. The summed E-state index contributed by atoms with van der Waals surface area (Å²) in [7, 11) is 0. The minimum absolute atomic E-state index is 0.752. The van der Waals surface area contributed by atoms with Gasteiger partial charge in [-0.15, -0.1) is 0 Å². The second kappa shape index (κ2) is 5.94. The smallest absolute Gasteiger partial charge is 0.160 e. The summed E-state index contributed by atoms with van der Waals surface area (Å²) in [6.45, 7) is 0. The van der Waals surface area contributed by atoms with Gasteiger partial charge in [-0.1, -0.05) is 76.6 Å². The van der Waals surface area contributed by atoms with Crippen molar-refractivity contribution in [2.75, 3.05) is 0 Å². The predicted molar refractivity (Wildman–Crippen MR) is 98.1 cm³/mol. The fourth-order valence-corrected chi connectivity index (χ4v) is 2.89. The van der Waals surface area contributed by atoms with Crippen molar-refractivity contribution in [1.29, 1.82) is 0 Å². The van der Waals surface area contributed by atoms with Crippen LogP contribution in [0.5, 0.6) is 0 Å². The largest absolute Gasteiger partial charge is 0.228 e. The van der Waals surface area contributed by atoms with Crippen molar-refractivity contribution < 1.29 is 0 Å². The quantitative estimate of drug-likeness (QED) is 0.456. The van der Waals surface area contributed by atoms with Gasteiger partial charge in [0.05, 0.1) is 11.2 Å². The molecule has 0 unspecified atom stereocenters. The Labute approximate surface area is 143 Å². The van der Waals surface area contributed by atoms with Crippen LogP contribution >= 0.6 is 15.9 Å². The van der Waals surface area contributed by atoms with E-state index in [0.717, 1.165) is 38.0 Å². The Hall–Kier alpha value is -2.52. The number of fused-ring (bicyclic) bond motifs is 1. The topological polar surface area (TPSA) is 25.8 Å². The van der Waals surface area contributed by atoms with Crippen LogP contribution in [0.3, 0.4) is 0 Å². The molecule has 0 aliphatic rings. The Bertz CT molecular complexity index is 964. The molecule has 0 radical (unpaired) electrons. The lowest BCUT2D eigenvalue weighted by molar-refractivity contribution is 1.23. The first-order chi connectivity index (χ1) is 11.3. The number of hydrogen-bond donors (Lipinski definition) is 0. The highest BCUT2D eigenvalue weighted by molar-refractivity contribution is 9.10. The molecule has 0 aliphatic carbocycles. The first kappa shape index (κ1) is 14.1. The molecule has 2 nitrogen and oxygen atoms in total. The highest BCUT2D eigenvalue weighted by atomic mass is 79.9. The van der Waals surface area contributed by atoms with Crippen molar-refractivity contribution in [3.05, 3.63) is 83.3 Å². The average Bonchev–Trinajstić information content (AvgIpc) is 2.62. The number of benzene rings is 3. The zero-order chi connectivity index (χ0) is 15.6. The number of para-hydroxylation sites is 1. The number of hydrogen-bond acceptors (Lipinski definition) is 2.